The van der Waals surface area contributed by atoms with Crippen LogP contribution < -0.4 is 0 Å². The van der Waals surface area contributed by atoms with E-state index in [-0.39, 0.29) is 56.4 Å². The Morgan fingerprint density at radius 1 is 0.489 bits per heavy atom. The van der Waals surface area contributed by atoms with E-state index in [0.717, 1.165) is 18.2 Å². The first-order valence-corrected chi connectivity index (χ1v) is 13.0. The molecule has 0 spiro atoms. The minimum atomic E-state index is -1.30. The molecule has 45 heavy (non-hydrogen) atoms. The molecule has 0 amide bonds. The first-order valence-electron chi connectivity index (χ1n) is 13.0. The summed E-state index contributed by atoms with van der Waals surface area (Å²) in [6, 6.07) is 0. The largest absolute Gasteiger partial charge is 0.462 e. The molecule has 14 heteroatoms. The number of rotatable bonds is 20. The van der Waals surface area contributed by atoms with Crippen LogP contribution in [0.15, 0.2) is 74.4 Å². The molecule has 0 aromatic rings. The van der Waals surface area contributed by atoms with Crippen molar-refractivity contribution in [1.82, 2.24) is 0 Å². The van der Waals surface area contributed by atoms with E-state index >= 15 is 0 Å². The van der Waals surface area contributed by atoms with E-state index in [9.17, 15) is 39.0 Å². The molecule has 0 fully saturated rings. The predicted molar refractivity (Wildman–Crippen MR) is 160 cm³/mol. The number of carbonyl (C=O) groups excluding carboxylic acids is 6. The van der Waals surface area contributed by atoms with Crippen molar-refractivity contribution in [2.45, 2.75) is 20.8 Å². The SMILES string of the molecule is C=C(C)C(=O)OCC(CO)(COC(=O)C(=C)C)COC(=O)C(=C)C.C=CC(=O)OCC(CO)(COC(=O)C=C)COC(=O)C=C. The van der Waals surface area contributed by atoms with Crippen molar-refractivity contribution in [3.05, 3.63) is 74.4 Å². The minimum absolute atomic E-state index is 0.166. The van der Waals surface area contributed by atoms with Crippen LogP contribution in [0.5, 0.6) is 0 Å². The standard InChI is InChI=1S/C17H24O7.C14H18O7/c1-11(2)14(19)22-8-17(7-18,9-23-15(20)12(3)4)10-24-16(21)13(5)6;1-4-11(16)19-8-14(7-15,9-20-12(17)5-2)10-21-13(18)6-3/h18H,1,3,5,7-10H2,2,4,6H3;4-6,15H,1-3,7-10H2. The lowest BCUT2D eigenvalue weighted by molar-refractivity contribution is -0.162. The highest BCUT2D eigenvalue weighted by Crippen LogP contribution is 2.21. The summed E-state index contributed by atoms with van der Waals surface area (Å²) in [5.41, 5.74) is -2.09. The Hall–Kier alpha value is -4.82. The van der Waals surface area contributed by atoms with Gasteiger partial charge in [0.2, 0.25) is 0 Å². The van der Waals surface area contributed by atoms with E-state index in [4.69, 9.17) is 28.4 Å². The zero-order valence-corrected chi connectivity index (χ0v) is 25.9. The smallest absolute Gasteiger partial charge is 0.333 e. The monoisotopic (exact) mass is 638 g/mol. The molecule has 0 aromatic carbocycles. The van der Waals surface area contributed by atoms with Crippen LogP contribution >= 0.6 is 0 Å². The second kappa shape index (κ2) is 21.8. The quantitative estimate of drug-likeness (QED) is 0.110. The molecule has 0 bridgehead atoms. The van der Waals surface area contributed by atoms with Gasteiger partial charge in [-0.25, -0.2) is 28.8 Å². The van der Waals surface area contributed by atoms with Crippen LogP contribution in [0, 0.1) is 10.8 Å². The summed E-state index contributed by atoms with van der Waals surface area (Å²) < 4.78 is 29.5. The van der Waals surface area contributed by atoms with E-state index in [0.29, 0.717) is 0 Å². The summed E-state index contributed by atoms with van der Waals surface area (Å²) in [7, 11) is 0. The van der Waals surface area contributed by atoms with Crippen molar-refractivity contribution < 1.29 is 67.4 Å². The molecule has 0 atom stereocenters. The summed E-state index contributed by atoms with van der Waals surface area (Å²) in [4.78, 5) is 67.9. The number of esters is 6. The van der Waals surface area contributed by atoms with Gasteiger partial charge in [0.1, 0.15) is 39.6 Å². The van der Waals surface area contributed by atoms with Gasteiger partial charge in [0.15, 0.2) is 0 Å². The van der Waals surface area contributed by atoms with E-state index in [1.807, 2.05) is 0 Å². The molecule has 0 unspecified atom stereocenters. The molecule has 0 heterocycles. The molecule has 14 nitrogen and oxygen atoms in total. The molecule has 2 N–H and O–H groups in total. The summed E-state index contributed by atoms with van der Waals surface area (Å²) in [5, 5.41) is 19.2. The lowest BCUT2D eigenvalue weighted by Gasteiger charge is -2.30. The molecule has 0 rings (SSSR count). The summed E-state index contributed by atoms with van der Waals surface area (Å²) in [6.45, 7) is 21.3. The lowest BCUT2D eigenvalue weighted by Crippen LogP contribution is -2.42. The summed E-state index contributed by atoms with van der Waals surface area (Å²) in [5.74, 6) is -4.20. The van der Waals surface area contributed by atoms with E-state index in [1.54, 1.807) is 0 Å². The Kier molecular flexibility index (Phi) is 20.5. The van der Waals surface area contributed by atoms with Crippen molar-refractivity contribution in [1.29, 1.82) is 0 Å². The third kappa shape index (κ3) is 17.8. The Morgan fingerprint density at radius 3 is 0.844 bits per heavy atom. The molecule has 0 saturated heterocycles. The fraction of sp³-hybridized carbons (Fsp3) is 0.419. The Bertz CT molecular complexity index is 1010. The lowest BCUT2D eigenvalue weighted by atomic mass is 9.92. The highest BCUT2D eigenvalue weighted by Gasteiger charge is 2.36. The van der Waals surface area contributed by atoms with Crippen LogP contribution in [0.4, 0.5) is 0 Å². The van der Waals surface area contributed by atoms with Crippen LogP contribution in [0.1, 0.15) is 20.8 Å². The van der Waals surface area contributed by atoms with Gasteiger partial charge in [0.05, 0.1) is 24.0 Å². The van der Waals surface area contributed by atoms with Gasteiger partial charge >= 0.3 is 35.8 Å². The van der Waals surface area contributed by atoms with Gasteiger partial charge in [-0.2, -0.15) is 0 Å². The van der Waals surface area contributed by atoms with Gasteiger partial charge in [0, 0.05) is 34.9 Å². The molecule has 0 radical (unpaired) electrons. The van der Waals surface area contributed by atoms with Crippen LogP contribution in [0.25, 0.3) is 0 Å². The maximum Gasteiger partial charge on any atom is 0.333 e. The molecule has 0 aliphatic heterocycles. The number of carbonyl (C=O) groups is 6. The first kappa shape index (κ1) is 42.3. The van der Waals surface area contributed by atoms with Gasteiger partial charge in [0.25, 0.3) is 0 Å². The average molecular weight is 639 g/mol. The highest BCUT2D eigenvalue weighted by molar-refractivity contribution is 5.88. The third-order valence-corrected chi connectivity index (χ3v) is 5.31. The van der Waals surface area contributed by atoms with Crippen molar-refractivity contribution in [2.75, 3.05) is 52.9 Å². The second-order valence-electron chi connectivity index (χ2n) is 9.82. The zero-order valence-electron chi connectivity index (χ0n) is 25.9. The fourth-order valence-electron chi connectivity index (χ4n) is 2.40. The molecule has 0 aliphatic carbocycles. The number of ether oxygens (including phenoxy) is 6. The number of aliphatic hydroxyl groups is 2. The van der Waals surface area contributed by atoms with Gasteiger partial charge < -0.3 is 38.6 Å². The molecular formula is C31H42O14. The normalized spacial score (nSPS) is 10.3. The molecule has 0 saturated carbocycles. The topological polar surface area (TPSA) is 198 Å². The molecule has 250 valence electrons. The number of hydrogen-bond acceptors (Lipinski definition) is 14. The van der Waals surface area contributed by atoms with Crippen LogP contribution in [0.3, 0.4) is 0 Å². The third-order valence-electron chi connectivity index (χ3n) is 5.31. The Balaban J connectivity index is 0. The average Bonchev–Trinajstić information content (AvgIpc) is 3.03. The van der Waals surface area contributed by atoms with Crippen LogP contribution in [0.2, 0.25) is 0 Å². The Labute approximate surface area is 262 Å². The first-order chi connectivity index (χ1) is 21.0. The molecule has 0 aliphatic rings. The van der Waals surface area contributed by atoms with Gasteiger partial charge in [-0.3, -0.25) is 0 Å². The van der Waals surface area contributed by atoms with Crippen molar-refractivity contribution in [3.63, 3.8) is 0 Å². The summed E-state index contributed by atoms with van der Waals surface area (Å²) in [6.07, 6.45) is 2.81. The molecular weight excluding hydrogens is 596 g/mol. The zero-order chi connectivity index (χ0) is 35.2. The van der Waals surface area contributed by atoms with Gasteiger partial charge in [-0.1, -0.05) is 39.5 Å². The van der Waals surface area contributed by atoms with E-state index in [1.165, 1.54) is 20.8 Å². The predicted octanol–water partition coefficient (Wildman–Crippen LogP) is 1.48. The van der Waals surface area contributed by atoms with E-state index in [2.05, 4.69) is 39.5 Å². The van der Waals surface area contributed by atoms with Gasteiger partial charge in [-0.15, -0.1) is 0 Å². The maximum atomic E-state index is 11.6. The minimum Gasteiger partial charge on any atom is -0.462 e. The number of aliphatic hydroxyl groups excluding tert-OH is 2. The number of hydrogen-bond donors (Lipinski definition) is 2. The van der Waals surface area contributed by atoms with Gasteiger partial charge in [-0.05, 0) is 20.8 Å². The molecule has 0 aromatic heterocycles. The fourth-order valence-corrected chi connectivity index (χ4v) is 2.40. The second-order valence-corrected chi connectivity index (χ2v) is 9.82. The van der Waals surface area contributed by atoms with Crippen molar-refractivity contribution >= 4 is 35.8 Å². The maximum absolute atomic E-state index is 11.6. The Morgan fingerprint density at radius 2 is 0.689 bits per heavy atom. The summed E-state index contributed by atoms with van der Waals surface area (Å²) >= 11 is 0. The highest BCUT2D eigenvalue weighted by atomic mass is 16.6. The van der Waals surface area contributed by atoms with Crippen LogP contribution in [-0.4, -0.2) is 98.9 Å². The van der Waals surface area contributed by atoms with Crippen molar-refractivity contribution in [3.8, 4) is 0 Å². The van der Waals surface area contributed by atoms with Crippen molar-refractivity contribution in [2.24, 2.45) is 10.8 Å². The van der Waals surface area contributed by atoms with E-state index < -0.39 is 59.9 Å². The van der Waals surface area contributed by atoms with Crippen LogP contribution in [-0.2, 0) is 57.2 Å².